The van der Waals surface area contributed by atoms with Crippen LogP contribution in [0.5, 0.6) is 0 Å². The zero-order valence-corrected chi connectivity index (χ0v) is 20.2. The van der Waals surface area contributed by atoms with Crippen molar-refractivity contribution < 1.29 is 0 Å². The second-order valence-corrected chi connectivity index (χ2v) is 9.79. The fourth-order valence-electron chi connectivity index (χ4n) is 4.93. The molecule has 6 rings (SSSR count). The number of nitrogens with zero attached hydrogens (tertiary/aromatic N) is 3. The summed E-state index contributed by atoms with van der Waals surface area (Å²) in [5.74, 6) is 0.891. The molecule has 164 valence electrons. The number of aromatic nitrogens is 2. The van der Waals surface area contributed by atoms with Gasteiger partial charge in [-0.05, 0) is 78.5 Å². The van der Waals surface area contributed by atoms with E-state index in [0.29, 0.717) is 5.11 Å². The number of halogens is 1. The first-order valence-corrected chi connectivity index (χ1v) is 12.3. The van der Waals surface area contributed by atoms with Crippen molar-refractivity contribution in [3.8, 4) is 0 Å². The third kappa shape index (κ3) is 3.75. The van der Waals surface area contributed by atoms with Crippen molar-refractivity contribution in [3.63, 3.8) is 0 Å². The van der Waals surface area contributed by atoms with Crippen LogP contribution in [0, 0.1) is 0 Å². The summed E-state index contributed by atoms with van der Waals surface area (Å²) < 4.78 is 1.03. The van der Waals surface area contributed by atoms with Crippen LogP contribution in [-0.2, 0) is 6.42 Å². The third-order valence-corrected chi connectivity index (χ3v) is 7.24. The van der Waals surface area contributed by atoms with Crippen LogP contribution in [-0.4, -0.2) is 20.9 Å². The van der Waals surface area contributed by atoms with Gasteiger partial charge in [-0.1, -0.05) is 52.3 Å². The smallest absolute Gasteiger partial charge is 0.179 e. The summed E-state index contributed by atoms with van der Waals surface area (Å²) in [5.41, 5.74) is 6.76. The molecule has 2 atom stereocenters. The Labute approximate surface area is 206 Å². The quantitative estimate of drug-likeness (QED) is 0.317. The molecule has 0 bridgehead atoms. The average Bonchev–Trinajstić information content (AvgIpc) is 3.42. The number of hydrogen-bond acceptors (Lipinski definition) is 3. The van der Waals surface area contributed by atoms with E-state index in [1.165, 1.54) is 11.1 Å². The second kappa shape index (κ2) is 8.39. The summed E-state index contributed by atoms with van der Waals surface area (Å²) in [6.45, 7) is 0. The number of benzene rings is 3. The normalized spacial score (nSPS) is 21.4. The highest BCUT2D eigenvalue weighted by Gasteiger charge is 2.37. The van der Waals surface area contributed by atoms with Crippen LogP contribution >= 0.6 is 28.1 Å². The fraction of sp³-hybridized carbons (Fsp3) is 0.192. The Bertz CT molecular complexity index is 1390. The highest BCUT2D eigenvalue weighted by Crippen LogP contribution is 2.38. The molecule has 0 saturated carbocycles. The van der Waals surface area contributed by atoms with Gasteiger partial charge in [0.05, 0.1) is 23.4 Å². The van der Waals surface area contributed by atoms with Crippen LogP contribution in [0.2, 0.25) is 0 Å². The Hall–Kier alpha value is -3.03. The number of imidazole rings is 1. The molecule has 4 aromatic rings. The molecule has 0 spiro atoms. The highest BCUT2D eigenvalue weighted by atomic mass is 79.9. The average molecular weight is 516 g/mol. The van der Waals surface area contributed by atoms with Crippen molar-refractivity contribution in [2.75, 3.05) is 4.90 Å². The van der Waals surface area contributed by atoms with Gasteiger partial charge in [0.15, 0.2) is 5.11 Å². The molecule has 33 heavy (non-hydrogen) atoms. The first kappa shape index (κ1) is 20.6. The first-order chi connectivity index (χ1) is 16.2. The van der Waals surface area contributed by atoms with Crippen LogP contribution in [0.25, 0.3) is 11.0 Å². The zero-order valence-electron chi connectivity index (χ0n) is 17.8. The molecule has 0 radical (unpaired) electrons. The molecule has 1 aliphatic carbocycles. The number of aryl methyl sites for hydroxylation is 1. The molecule has 7 heteroatoms. The standard InChI is InChI=1S/C26H22BrN5S/c27-18-8-3-7-17(13-18)24-25(30-21-10-4-6-16-5-1-2-9-20(16)21)31-26(33)32(24)19-11-12-22-23(14-19)29-15-28-22/h1-3,5,7-9,11-15,21,24H,4,6,10H2,(H,28,29)(H,30,31,33). The van der Waals surface area contributed by atoms with Crippen LogP contribution in [0.1, 0.15) is 41.6 Å². The molecular weight excluding hydrogens is 494 g/mol. The molecule has 2 heterocycles. The molecule has 2 aliphatic rings. The maximum absolute atomic E-state index is 5.85. The number of thiocarbonyl (C=S) groups is 1. The monoisotopic (exact) mass is 515 g/mol. The number of anilines is 1. The predicted octanol–water partition coefficient (Wildman–Crippen LogP) is 6.24. The number of aliphatic imine (C=N–C) groups is 1. The number of fused-ring (bicyclic) bond motifs is 2. The minimum absolute atomic E-state index is 0.128. The Morgan fingerprint density at radius 1 is 1.06 bits per heavy atom. The summed E-state index contributed by atoms with van der Waals surface area (Å²) in [4.78, 5) is 15.0. The molecule has 5 nitrogen and oxygen atoms in total. The number of nitrogens with one attached hydrogen (secondary N) is 2. The van der Waals surface area contributed by atoms with E-state index in [4.69, 9.17) is 17.2 Å². The lowest BCUT2D eigenvalue weighted by Gasteiger charge is -2.27. The molecule has 1 saturated heterocycles. The van der Waals surface area contributed by atoms with Gasteiger partial charge in [-0.25, -0.2) is 4.98 Å². The maximum Gasteiger partial charge on any atom is 0.179 e. The minimum atomic E-state index is -0.138. The van der Waals surface area contributed by atoms with Crippen molar-refractivity contribution in [3.05, 3.63) is 94.2 Å². The SMILES string of the molecule is S=C1NC(=NC2CCCc3ccccc32)C(c2cccc(Br)c2)N1c1ccc2[nH]cnc2c1. The highest BCUT2D eigenvalue weighted by molar-refractivity contribution is 9.10. The lowest BCUT2D eigenvalue weighted by molar-refractivity contribution is 0.570. The van der Waals surface area contributed by atoms with E-state index in [0.717, 1.165) is 51.9 Å². The molecule has 1 fully saturated rings. The Morgan fingerprint density at radius 2 is 1.97 bits per heavy atom. The van der Waals surface area contributed by atoms with Gasteiger partial charge >= 0.3 is 0 Å². The van der Waals surface area contributed by atoms with Crippen LogP contribution in [0.15, 0.2) is 82.5 Å². The molecule has 2 N–H and O–H groups in total. The number of amidine groups is 1. The number of aromatic amines is 1. The van der Waals surface area contributed by atoms with Crippen LogP contribution in [0.3, 0.4) is 0 Å². The van der Waals surface area contributed by atoms with Crippen LogP contribution in [0.4, 0.5) is 5.69 Å². The van der Waals surface area contributed by atoms with Crippen LogP contribution < -0.4 is 10.2 Å². The minimum Gasteiger partial charge on any atom is -0.345 e. The topological polar surface area (TPSA) is 56.3 Å². The molecule has 0 amide bonds. The third-order valence-electron chi connectivity index (χ3n) is 6.45. The summed E-state index contributed by atoms with van der Waals surface area (Å²) in [6, 6.07) is 23.2. The summed E-state index contributed by atoms with van der Waals surface area (Å²) in [6.07, 6.45) is 5.02. The van der Waals surface area contributed by atoms with Gasteiger partial charge in [0.2, 0.25) is 0 Å². The van der Waals surface area contributed by atoms with Crippen molar-refractivity contribution in [2.24, 2.45) is 4.99 Å². The second-order valence-electron chi connectivity index (χ2n) is 8.48. The molecule has 1 aliphatic heterocycles. The van der Waals surface area contributed by atoms with Gasteiger partial charge in [-0.15, -0.1) is 0 Å². The van der Waals surface area contributed by atoms with E-state index in [9.17, 15) is 0 Å². The van der Waals surface area contributed by atoms with Crippen molar-refractivity contribution in [1.82, 2.24) is 15.3 Å². The number of hydrogen-bond donors (Lipinski definition) is 2. The van der Waals surface area contributed by atoms with E-state index in [1.807, 2.05) is 12.1 Å². The summed E-state index contributed by atoms with van der Waals surface area (Å²) >= 11 is 9.49. The van der Waals surface area contributed by atoms with Gasteiger partial charge in [0, 0.05) is 10.2 Å². The Morgan fingerprint density at radius 3 is 2.88 bits per heavy atom. The largest absolute Gasteiger partial charge is 0.345 e. The van der Waals surface area contributed by atoms with E-state index < -0.39 is 0 Å². The Balaban J connectivity index is 1.47. The lowest BCUT2D eigenvalue weighted by atomic mass is 9.88. The first-order valence-electron chi connectivity index (χ1n) is 11.1. The zero-order chi connectivity index (χ0) is 22.4. The van der Waals surface area contributed by atoms with Gasteiger partial charge in [0.1, 0.15) is 11.9 Å². The predicted molar refractivity (Wildman–Crippen MR) is 141 cm³/mol. The molecule has 3 aromatic carbocycles. The van der Waals surface area contributed by atoms with Crippen molar-refractivity contribution in [2.45, 2.75) is 31.3 Å². The van der Waals surface area contributed by atoms with Gasteiger partial charge in [-0.3, -0.25) is 4.99 Å². The number of H-pyrrole nitrogens is 1. The van der Waals surface area contributed by atoms with E-state index in [-0.39, 0.29) is 12.1 Å². The maximum atomic E-state index is 5.85. The van der Waals surface area contributed by atoms with Crippen molar-refractivity contribution >= 4 is 55.8 Å². The Kier molecular flexibility index (Phi) is 5.23. The van der Waals surface area contributed by atoms with E-state index in [1.54, 1.807) is 6.33 Å². The number of rotatable bonds is 3. The van der Waals surface area contributed by atoms with E-state index in [2.05, 4.69) is 90.7 Å². The molecule has 2 unspecified atom stereocenters. The summed E-state index contributed by atoms with van der Waals surface area (Å²) in [5, 5.41) is 4.10. The van der Waals surface area contributed by atoms with E-state index >= 15 is 0 Å². The van der Waals surface area contributed by atoms with Gasteiger partial charge in [-0.2, -0.15) is 0 Å². The lowest BCUT2D eigenvalue weighted by Crippen LogP contribution is -2.29. The fourth-order valence-corrected chi connectivity index (χ4v) is 5.66. The summed E-state index contributed by atoms with van der Waals surface area (Å²) in [7, 11) is 0. The van der Waals surface area contributed by atoms with Gasteiger partial charge in [0.25, 0.3) is 0 Å². The molecular formula is C26H22BrN5S. The van der Waals surface area contributed by atoms with Gasteiger partial charge < -0.3 is 15.2 Å². The van der Waals surface area contributed by atoms with Crippen molar-refractivity contribution in [1.29, 1.82) is 0 Å². The molecule has 1 aromatic heterocycles.